The van der Waals surface area contributed by atoms with Gasteiger partial charge in [-0.05, 0) is 75.7 Å². The summed E-state index contributed by atoms with van der Waals surface area (Å²) in [4.78, 5) is 2.61. The first-order valence-corrected chi connectivity index (χ1v) is 13.6. The van der Waals surface area contributed by atoms with Crippen molar-refractivity contribution < 1.29 is 16.8 Å². The molecule has 1 N–H and O–H groups in total. The molecule has 0 aliphatic heterocycles. The molecule has 0 unspecified atom stereocenters. The first kappa shape index (κ1) is 23.4. The minimum absolute atomic E-state index is 0.0205. The third kappa shape index (κ3) is 5.70. The molecule has 3 aromatic carbocycles. The summed E-state index contributed by atoms with van der Waals surface area (Å²) in [6.07, 6.45) is 0.517. The molecule has 0 aromatic heterocycles. The largest absolute Gasteiger partial charge is 0.488 e. The van der Waals surface area contributed by atoms with Crippen molar-refractivity contribution in [2.24, 2.45) is 0 Å². The summed E-state index contributed by atoms with van der Waals surface area (Å²) in [5.74, 6) is 0.759. The van der Waals surface area contributed by atoms with Crippen molar-refractivity contribution in [2.45, 2.75) is 54.4 Å². The van der Waals surface area contributed by atoms with Gasteiger partial charge in [0, 0.05) is 0 Å². The van der Waals surface area contributed by atoms with Crippen LogP contribution in [0.15, 0.2) is 99.6 Å². The molecule has 31 heavy (non-hydrogen) atoms. The van der Waals surface area contributed by atoms with E-state index in [0.717, 1.165) is 20.4 Å². The highest BCUT2D eigenvalue weighted by Crippen LogP contribution is 2.68. The third-order valence-corrected chi connectivity index (χ3v) is 10.0. The Labute approximate surface area is 187 Å². The molecule has 0 atom stereocenters. The quantitative estimate of drug-likeness (QED) is 0.272. The van der Waals surface area contributed by atoms with Crippen molar-refractivity contribution in [3.05, 3.63) is 84.9 Å². The van der Waals surface area contributed by atoms with Crippen molar-refractivity contribution in [3.8, 4) is 5.75 Å². The molecule has 4 nitrogen and oxygen atoms in total. The van der Waals surface area contributed by atoms with E-state index < -0.39 is 20.4 Å². The van der Waals surface area contributed by atoms with Gasteiger partial charge in [-0.25, -0.2) is 0 Å². The molecule has 0 saturated carbocycles. The van der Waals surface area contributed by atoms with Gasteiger partial charge in [0.1, 0.15) is 17.1 Å². The maximum Gasteiger partial charge on any atom is 0.390 e. The second-order valence-corrected chi connectivity index (χ2v) is 13.0. The summed E-state index contributed by atoms with van der Waals surface area (Å²) >= 11 is 0. The summed E-state index contributed by atoms with van der Waals surface area (Å²) in [6.45, 7) is 7.85. The first-order valence-electron chi connectivity index (χ1n) is 10.4. The van der Waals surface area contributed by atoms with E-state index in [4.69, 9.17) is 4.74 Å². The van der Waals surface area contributed by atoms with Gasteiger partial charge >= 0.3 is 10.1 Å². The lowest BCUT2D eigenvalue weighted by Crippen LogP contribution is -2.23. The van der Waals surface area contributed by atoms with Gasteiger partial charge < -0.3 is 4.74 Å². The van der Waals surface area contributed by atoms with Crippen molar-refractivity contribution in [1.29, 1.82) is 0 Å². The van der Waals surface area contributed by atoms with Crippen LogP contribution in [-0.2, 0) is 10.1 Å². The van der Waals surface area contributed by atoms with Crippen LogP contribution in [0.2, 0.25) is 0 Å². The van der Waals surface area contributed by atoms with Crippen LogP contribution < -0.4 is 4.74 Å². The predicted molar refractivity (Wildman–Crippen MR) is 129 cm³/mol. The number of hydrogen-bond acceptors (Lipinski definition) is 3. The summed E-state index contributed by atoms with van der Waals surface area (Å²) in [7, 11) is -6.03. The summed E-state index contributed by atoms with van der Waals surface area (Å²) in [5, 5.41) is 0. The van der Waals surface area contributed by atoms with E-state index in [9.17, 15) is 8.42 Å². The Morgan fingerprint density at radius 3 is 1.61 bits per heavy atom. The van der Waals surface area contributed by atoms with Gasteiger partial charge in [0.15, 0.2) is 0 Å². The summed E-state index contributed by atoms with van der Waals surface area (Å²) in [5.41, 5.74) is -0.320. The molecule has 166 valence electrons. The van der Waals surface area contributed by atoms with Gasteiger partial charge in [-0.15, -0.1) is 0 Å². The average Bonchev–Trinajstić information content (AvgIpc) is 2.73. The molecule has 0 fully saturated rings. The second-order valence-electron chi connectivity index (χ2n) is 8.25. The Balaban J connectivity index is 2.24. The lowest BCUT2D eigenvalue weighted by atomic mass is 10.2. The molecule has 0 radical (unpaired) electrons. The summed E-state index contributed by atoms with van der Waals surface area (Å²) in [6, 6.07) is 27.1. The van der Waals surface area contributed by atoms with E-state index in [1.165, 1.54) is 0 Å². The standard InChI is InChI=1S/C25H30O4S2/c1-5-20-30(26,27)29-31(22-12-8-6-9-13-22,23-14-10-7-11-15-23)24-18-16-21(17-19-24)28-25(2,3)4/h6-19H,5,20H2,1-4H3/p+1. The molecule has 0 spiro atoms. The molecule has 0 heterocycles. The van der Waals surface area contributed by atoms with Crippen LogP contribution in [0.1, 0.15) is 34.1 Å². The molecule has 3 rings (SSSR count). The first-order chi connectivity index (χ1) is 14.7. The molecular formula is C25H31O4S2+. The van der Waals surface area contributed by atoms with Crippen molar-refractivity contribution in [1.82, 2.24) is 0 Å². The molecule has 6 heteroatoms. The van der Waals surface area contributed by atoms with E-state index >= 15 is 0 Å². The molecular weight excluding hydrogens is 428 g/mol. The molecule has 0 saturated heterocycles. The Bertz CT molecular complexity index is 1030. The Hall–Kier alpha value is -2.28. The van der Waals surface area contributed by atoms with E-state index in [2.05, 4.69) is 3.63 Å². The van der Waals surface area contributed by atoms with Gasteiger partial charge in [0.05, 0.1) is 25.0 Å². The minimum atomic E-state index is -3.64. The number of hydrogen-bond donors (Lipinski definition) is 0. The number of benzene rings is 3. The average molecular weight is 460 g/mol. The van der Waals surface area contributed by atoms with Gasteiger partial charge in [-0.1, -0.05) is 43.3 Å². The fraction of sp³-hybridized carbons (Fsp3) is 0.280. The van der Waals surface area contributed by atoms with Crippen molar-refractivity contribution in [2.75, 3.05) is 5.75 Å². The highest BCUT2D eigenvalue weighted by atomic mass is 32.3. The van der Waals surface area contributed by atoms with Crippen LogP contribution in [0.3, 0.4) is 0 Å². The van der Waals surface area contributed by atoms with Crippen LogP contribution in [-0.4, -0.2) is 23.4 Å². The van der Waals surface area contributed by atoms with E-state index in [-0.39, 0.29) is 11.4 Å². The highest BCUT2D eigenvalue weighted by molar-refractivity contribution is 8.32. The molecule has 0 amide bonds. The normalized spacial score (nSPS) is 13.0. The van der Waals surface area contributed by atoms with Crippen LogP contribution in [0.5, 0.6) is 5.75 Å². The fourth-order valence-electron chi connectivity index (χ4n) is 3.30. The third-order valence-electron chi connectivity index (χ3n) is 4.44. The monoisotopic (exact) mass is 459 g/mol. The molecule has 0 bridgehead atoms. The fourth-order valence-corrected chi connectivity index (χ4v) is 8.95. The molecule has 3 aromatic rings. The van der Waals surface area contributed by atoms with Gasteiger partial charge in [0.2, 0.25) is 0 Å². The van der Waals surface area contributed by atoms with Gasteiger partial charge in [-0.3, -0.25) is 3.63 Å². The van der Waals surface area contributed by atoms with Crippen molar-refractivity contribution >= 4 is 20.4 Å². The Morgan fingerprint density at radius 1 is 0.742 bits per heavy atom. The number of ether oxygens (including phenoxy) is 1. The predicted octanol–water partition coefficient (Wildman–Crippen LogP) is 6.89. The Kier molecular flexibility index (Phi) is 7.14. The topological polar surface area (TPSA) is 56.2 Å². The zero-order chi connectivity index (χ0) is 22.5. The smallest absolute Gasteiger partial charge is 0.390 e. The highest BCUT2D eigenvalue weighted by Gasteiger charge is 2.42. The maximum atomic E-state index is 13.1. The van der Waals surface area contributed by atoms with E-state index in [1.54, 1.807) is 0 Å². The van der Waals surface area contributed by atoms with E-state index in [1.807, 2.05) is 113 Å². The number of rotatable bonds is 8. The lowest BCUT2D eigenvalue weighted by Gasteiger charge is -2.35. The van der Waals surface area contributed by atoms with Gasteiger partial charge in [-0.2, -0.15) is 8.42 Å². The zero-order valence-electron chi connectivity index (χ0n) is 18.5. The minimum Gasteiger partial charge on any atom is -0.488 e. The van der Waals surface area contributed by atoms with E-state index in [0.29, 0.717) is 6.42 Å². The maximum absolute atomic E-state index is 13.1. The second kappa shape index (κ2) is 9.47. The van der Waals surface area contributed by atoms with Crippen LogP contribution >= 0.6 is 10.3 Å². The lowest BCUT2D eigenvalue weighted by molar-refractivity contribution is 0.131. The SMILES string of the molecule is CCCS(=O)(=O)[OH+]S(c1ccccc1)(c1ccccc1)c1ccc(OC(C)(C)C)cc1. The zero-order valence-corrected chi connectivity index (χ0v) is 20.1. The molecule has 0 aliphatic carbocycles. The van der Waals surface area contributed by atoms with Crippen LogP contribution in [0.25, 0.3) is 0 Å². The Morgan fingerprint density at radius 2 is 1.19 bits per heavy atom. The van der Waals surface area contributed by atoms with Crippen LogP contribution in [0.4, 0.5) is 0 Å². The van der Waals surface area contributed by atoms with Crippen molar-refractivity contribution in [3.63, 3.8) is 0 Å². The molecule has 0 aliphatic rings. The van der Waals surface area contributed by atoms with Gasteiger partial charge in [0.25, 0.3) is 0 Å². The summed E-state index contributed by atoms with van der Waals surface area (Å²) < 4.78 is 36.7. The van der Waals surface area contributed by atoms with Crippen LogP contribution in [0, 0.1) is 0 Å².